The number of guanidine groups is 1. The van der Waals surface area contributed by atoms with Gasteiger partial charge in [0, 0.05) is 36.8 Å². The van der Waals surface area contributed by atoms with Gasteiger partial charge in [0.05, 0.1) is 4.90 Å². The maximum absolute atomic E-state index is 13.3. The topological polar surface area (TPSA) is 70.6 Å². The van der Waals surface area contributed by atoms with Crippen molar-refractivity contribution < 1.29 is 12.8 Å². The number of aliphatic imine (C=N–C) groups is 1. The van der Waals surface area contributed by atoms with Crippen molar-refractivity contribution in [2.24, 2.45) is 4.99 Å². The summed E-state index contributed by atoms with van der Waals surface area (Å²) in [4.78, 5) is 4.53. The van der Waals surface area contributed by atoms with Crippen molar-refractivity contribution in [2.75, 3.05) is 26.4 Å². The third-order valence-electron chi connectivity index (χ3n) is 4.64. The first-order valence-electron chi connectivity index (χ1n) is 9.22. The van der Waals surface area contributed by atoms with Gasteiger partial charge in [-0.05, 0) is 41.8 Å². The Kier molecular flexibility index (Phi) is 10.0. The second kappa shape index (κ2) is 11.3. The van der Waals surface area contributed by atoms with Crippen LogP contribution in [0, 0.1) is 5.82 Å². The van der Waals surface area contributed by atoms with Crippen molar-refractivity contribution in [3.05, 3.63) is 64.4 Å². The zero-order valence-electron chi connectivity index (χ0n) is 17.5. The Morgan fingerprint density at radius 3 is 2.30 bits per heavy atom. The summed E-state index contributed by atoms with van der Waals surface area (Å²) in [5, 5.41) is 6.91. The average molecular weight is 568 g/mol. The van der Waals surface area contributed by atoms with Gasteiger partial charge in [-0.15, -0.1) is 24.0 Å². The predicted octanol–water partition coefficient (Wildman–Crippen LogP) is 4.19. The Balaban J connectivity index is 0.00000450. The third kappa shape index (κ3) is 7.70. The fraction of sp³-hybridized carbons (Fsp3) is 0.381. The van der Waals surface area contributed by atoms with Gasteiger partial charge in [-0.1, -0.05) is 43.6 Å². The molecule has 0 amide bonds. The van der Waals surface area contributed by atoms with E-state index < -0.39 is 9.84 Å². The molecule has 0 bridgehead atoms. The lowest BCUT2D eigenvalue weighted by molar-refractivity contribution is 0.507. The number of hydrogen-bond donors (Lipinski definition) is 2. The summed E-state index contributed by atoms with van der Waals surface area (Å²) >= 11 is 6.20. The highest BCUT2D eigenvalue weighted by Crippen LogP contribution is 2.29. The minimum absolute atomic E-state index is 0. The molecule has 0 fully saturated rings. The van der Waals surface area contributed by atoms with Crippen LogP contribution in [-0.2, 0) is 21.7 Å². The molecule has 0 aliphatic rings. The molecule has 2 N–H and O–H groups in total. The van der Waals surface area contributed by atoms with Crippen LogP contribution in [0.2, 0.25) is 5.02 Å². The second-order valence-corrected chi connectivity index (χ2v) is 9.95. The van der Waals surface area contributed by atoms with Crippen molar-refractivity contribution in [3.63, 3.8) is 0 Å². The van der Waals surface area contributed by atoms with E-state index in [2.05, 4.69) is 15.6 Å². The molecule has 9 heteroatoms. The first-order valence-corrected chi connectivity index (χ1v) is 11.5. The maximum Gasteiger partial charge on any atom is 0.191 e. The summed E-state index contributed by atoms with van der Waals surface area (Å²) in [6.45, 7) is 5.24. The Morgan fingerprint density at radius 2 is 1.77 bits per heavy atom. The lowest BCUT2D eigenvalue weighted by atomic mass is 9.84. The molecule has 166 valence electrons. The van der Waals surface area contributed by atoms with Gasteiger partial charge in [0.25, 0.3) is 0 Å². The Morgan fingerprint density at radius 1 is 1.13 bits per heavy atom. The van der Waals surface area contributed by atoms with Gasteiger partial charge in [0.1, 0.15) is 5.82 Å². The average Bonchev–Trinajstić information content (AvgIpc) is 2.64. The zero-order valence-corrected chi connectivity index (χ0v) is 21.4. The van der Waals surface area contributed by atoms with Crippen LogP contribution in [0.5, 0.6) is 0 Å². The highest BCUT2D eigenvalue weighted by molar-refractivity contribution is 14.0. The highest BCUT2D eigenvalue weighted by atomic mass is 127. The highest BCUT2D eigenvalue weighted by Gasteiger charge is 2.24. The van der Waals surface area contributed by atoms with E-state index >= 15 is 0 Å². The van der Waals surface area contributed by atoms with E-state index in [0.717, 1.165) is 17.5 Å². The second-order valence-electron chi connectivity index (χ2n) is 7.53. The predicted molar refractivity (Wildman–Crippen MR) is 132 cm³/mol. The molecule has 0 aliphatic carbocycles. The normalized spacial score (nSPS) is 12.3. The summed E-state index contributed by atoms with van der Waals surface area (Å²) in [6, 6.07) is 11.3. The summed E-state index contributed by atoms with van der Waals surface area (Å²) in [6.07, 6.45) is 1.91. The Bertz CT molecular complexity index is 980. The maximum atomic E-state index is 13.3. The van der Waals surface area contributed by atoms with Crippen LogP contribution < -0.4 is 10.6 Å². The number of sulfone groups is 1. The molecule has 2 aromatic rings. The number of benzene rings is 2. The van der Waals surface area contributed by atoms with Crippen LogP contribution in [-0.4, -0.2) is 40.8 Å². The van der Waals surface area contributed by atoms with E-state index in [1.165, 1.54) is 18.4 Å². The van der Waals surface area contributed by atoms with E-state index in [1.54, 1.807) is 25.2 Å². The van der Waals surface area contributed by atoms with E-state index in [4.69, 9.17) is 11.6 Å². The number of rotatable bonds is 7. The van der Waals surface area contributed by atoms with Crippen molar-refractivity contribution in [2.45, 2.75) is 30.6 Å². The van der Waals surface area contributed by atoms with Gasteiger partial charge in [-0.2, -0.15) is 0 Å². The summed E-state index contributed by atoms with van der Waals surface area (Å²) in [5.74, 6) is 0.286. The van der Waals surface area contributed by atoms with Crippen molar-refractivity contribution in [3.8, 4) is 0 Å². The van der Waals surface area contributed by atoms with Gasteiger partial charge >= 0.3 is 0 Å². The molecule has 0 aromatic heterocycles. The van der Waals surface area contributed by atoms with E-state index in [9.17, 15) is 12.8 Å². The molecule has 2 rings (SSSR count). The van der Waals surface area contributed by atoms with E-state index in [1.807, 2.05) is 26.0 Å². The third-order valence-corrected chi connectivity index (χ3v) is 6.08. The van der Waals surface area contributed by atoms with Crippen molar-refractivity contribution >= 4 is 51.4 Å². The van der Waals surface area contributed by atoms with Crippen molar-refractivity contribution in [1.82, 2.24) is 10.6 Å². The van der Waals surface area contributed by atoms with Crippen LogP contribution in [0.3, 0.4) is 0 Å². The van der Waals surface area contributed by atoms with Crippen LogP contribution in [0.15, 0.2) is 52.4 Å². The quantitative estimate of drug-likeness (QED) is 0.299. The largest absolute Gasteiger partial charge is 0.356 e. The molecule has 0 saturated heterocycles. The van der Waals surface area contributed by atoms with Gasteiger partial charge in [-0.25, -0.2) is 12.8 Å². The summed E-state index contributed by atoms with van der Waals surface area (Å²) < 4.78 is 36.3. The Hall–Kier alpha value is -1.39. The lowest BCUT2D eigenvalue weighted by Crippen LogP contribution is -2.44. The van der Waals surface area contributed by atoms with E-state index in [-0.39, 0.29) is 35.2 Å². The minimum Gasteiger partial charge on any atom is -0.356 e. The Labute approximate surface area is 200 Å². The molecule has 0 radical (unpaired) electrons. The smallest absolute Gasteiger partial charge is 0.191 e. The summed E-state index contributed by atoms with van der Waals surface area (Å²) in [5.41, 5.74) is 1.55. The van der Waals surface area contributed by atoms with Crippen LogP contribution in [0.25, 0.3) is 0 Å². The molecule has 5 nitrogen and oxygen atoms in total. The zero-order chi connectivity index (χ0) is 21.7. The molecule has 0 atom stereocenters. The number of hydrogen-bond acceptors (Lipinski definition) is 3. The monoisotopic (exact) mass is 567 g/mol. The summed E-state index contributed by atoms with van der Waals surface area (Å²) in [7, 11) is -1.49. The van der Waals surface area contributed by atoms with Crippen LogP contribution in [0.4, 0.5) is 4.39 Å². The van der Waals surface area contributed by atoms with Gasteiger partial charge < -0.3 is 10.6 Å². The molecule has 0 spiro atoms. The number of nitrogens with one attached hydrogen (secondary N) is 2. The van der Waals surface area contributed by atoms with Gasteiger partial charge in [0.15, 0.2) is 15.8 Å². The fourth-order valence-corrected chi connectivity index (χ4v) is 3.94. The van der Waals surface area contributed by atoms with Crippen molar-refractivity contribution in [1.29, 1.82) is 0 Å². The molecular formula is C21H28ClFIN3O2S. The first kappa shape index (κ1) is 26.6. The molecule has 0 unspecified atom stereocenters. The SMILES string of the molecule is CN=C(NCCc1ccc(S(C)(=O)=O)cc1)NCC(C)(C)c1ccc(F)cc1Cl.I. The lowest BCUT2D eigenvalue weighted by Gasteiger charge is -2.27. The fourth-order valence-electron chi connectivity index (χ4n) is 2.89. The standard InChI is InChI=1S/C21H27ClFN3O2S.HI/c1-21(2,18-10-7-16(23)13-19(18)22)14-26-20(24-3)25-12-11-15-5-8-17(9-6-15)29(4,27)28;/h5-10,13H,11-12,14H2,1-4H3,(H2,24,25,26);1H. The number of halogens is 3. The minimum atomic E-state index is -3.18. The van der Waals surface area contributed by atoms with Crippen LogP contribution in [0.1, 0.15) is 25.0 Å². The number of nitrogens with zero attached hydrogens (tertiary/aromatic N) is 1. The van der Waals surface area contributed by atoms with Crippen LogP contribution >= 0.6 is 35.6 Å². The van der Waals surface area contributed by atoms with E-state index in [0.29, 0.717) is 29.0 Å². The molecule has 0 heterocycles. The molecular weight excluding hydrogens is 540 g/mol. The van der Waals surface area contributed by atoms with Gasteiger partial charge in [-0.3, -0.25) is 4.99 Å². The molecule has 30 heavy (non-hydrogen) atoms. The van der Waals surface area contributed by atoms with Gasteiger partial charge in [0.2, 0.25) is 0 Å². The first-order chi connectivity index (χ1) is 13.5. The molecule has 0 aliphatic heterocycles. The molecule has 2 aromatic carbocycles. The molecule has 0 saturated carbocycles.